The molecule has 0 bridgehead atoms. The molecule has 43 valence electrons. The van der Waals surface area contributed by atoms with E-state index in [0.29, 0.717) is 0 Å². The molecule has 0 aromatic carbocycles. The van der Waals surface area contributed by atoms with Crippen molar-refractivity contribution in [2.75, 3.05) is 0 Å². The Morgan fingerprint density at radius 3 is 1.12 bits per heavy atom. The van der Waals surface area contributed by atoms with E-state index in [9.17, 15) is 0 Å². The van der Waals surface area contributed by atoms with Gasteiger partial charge in [-0.25, -0.2) is 0 Å². The fourth-order valence-corrected chi connectivity index (χ4v) is 0. The van der Waals surface area contributed by atoms with Crippen LogP contribution < -0.4 is 0 Å². The van der Waals surface area contributed by atoms with Crippen molar-refractivity contribution in [2.45, 2.75) is 0 Å². The minimum Gasteiger partial charge on any atom is 0 e. The van der Waals surface area contributed by atoms with Gasteiger partial charge in [0, 0.05) is 57.3 Å². The molecule has 0 rings (SSSR count). The summed E-state index contributed by atoms with van der Waals surface area (Å²) in [6.07, 6.45) is 0. The Hall–Kier alpha value is 3.22. The van der Waals surface area contributed by atoms with Crippen LogP contribution in [0.3, 0.4) is 0 Å². The van der Waals surface area contributed by atoms with Gasteiger partial charge < -0.3 is 0 Å². The standard InChI is InChI=1S/Ca.Cr.La.2H2O.2O.Ti.2H/h;;;2*1H2;;;;;/q;+2;;;;;;;;/p-2. The van der Waals surface area contributed by atoms with E-state index in [2.05, 4.69) is 0 Å². The molecule has 1 radical (unpaired) electrons. The van der Waals surface area contributed by atoms with Gasteiger partial charge in [0.1, 0.15) is 0 Å². The summed E-state index contributed by atoms with van der Waals surface area (Å²) in [6.45, 7) is 0. The van der Waals surface area contributed by atoms with Crippen LogP contribution in [0.15, 0.2) is 0 Å². The van der Waals surface area contributed by atoms with Crippen LogP contribution in [0.25, 0.3) is 0 Å². The molecule has 0 aliphatic rings. The average Bonchev–Trinajstić information content (AvgIpc) is 0.722. The minimum atomic E-state index is -5.25. The molecule has 0 aromatic rings. The molecule has 0 spiro atoms. The zero-order valence-corrected chi connectivity index (χ0v) is 9.66. The summed E-state index contributed by atoms with van der Waals surface area (Å²) in [5, 5.41) is 0. The van der Waals surface area contributed by atoms with E-state index >= 15 is 0 Å². The van der Waals surface area contributed by atoms with Gasteiger partial charge >= 0.3 is 67.3 Å². The first-order valence-electron chi connectivity index (χ1n) is 0.698. The van der Waals surface area contributed by atoms with Crippen LogP contribution in [0.2, 0.25) is 0 Å². The van der Waals surface area contributed by atoms with Crippen molar-refractivity contribution < 1.29 is 86.9 Å². The summed E-state index contributed by atoms with van der Waals surface area (Å²) in [5.41, 5.74) is 0. The van der Waals surface area contributed by atoms with E-state index in [4.69, 9.17) is 15.9 Å². The van der Waals surface area contributed by atoms with Crippen LogP contribution in [-0.4, -0.2) is 46.1 Å². The number of hydrogen-bond acceptors (Lipinski definition) is 2. The van der Waals surface area contributed by atoms with E-state index in [1.807, 2.05) is 0 Å². The monoisotopic (exact) mass is 347 g/mol. The average molecular weight is 347 g/mol. The quantitative estimate of drug-likeness (QED) is 0.485. The fraction of sp³-hybridized carbons (Fsp3) is 0. The Bertz CT molecular complexity index is 99.2. The van der Waals surface area contributed by atoms with E-state index < -0.39 is 13.6 Å². The summed E-state index contributed by atoms with van der Waals surface area (Å²) >= 11 is -5.25. The maximum absolute atomic E-state index is 8.82. The predicted octanol–water partition coefficient (Wildman–Crippen LogP) is -2.27. The summed E-state index contributed by atoms with van der Waals surface area (Å²) in [4.78, 5) is 0. The third-order valence-corrected chi connectivity index (χ3v) is 0. The first-order valence-corrected chi connectivity index (χ1v) is 2.88. The van der Waals surface area contributed by atoms with Crippen molar-refractivity contribution in [3.63, 3.8) is 0 Å². The molecule has 2 N–H and O–H groups in total. The van der Waals surface area contributed by atoms with Crippen molar-refractivity contribution in [2.24, 2.45) is 0 Å². The minimum absolute atomic E-state index is 0. The summed E-state index contributed by atoms with van der Waals surface area (Å²) < 4.78 is 31.9. The summed E-state index contributed by atoms with van der Waals surface area (Å²) in [6, 6.07) is 0. The number of rotatable bonds is 0. The second-order valence-corrected chi connectivity index (χ2v) is 1.85. The zero-order chi connectivity index (χ0) is 4.50. The van der Waals surface area contributed by atoms with E-state index in [-0.39, 0.29) is 95.1 Å². The van der Waals surface area contributed by atoms with Crippen molar-refractivity contribution in [1.82, 2.24) is 0 Å². The van der Waals surface area contributed by atoms with Gasteiger partial charge in [-0.05, 0) is 0 Å². The van der Waals surface area contributed by atoms with Gasteiger partial charge in [0.15, 0.2) is 0 Å². The zero-order valence-electron chi connectivity index (χ0n) is 3.20. The molecule has 0 aliphatic carbocycles. The Labute approximate surface area is 122 Å². The molecule has 0 fully saturated rings. The second-order valence-electron chi connectivity index (χ2n) is 0.448. The van der Waals surface area contributed by atoms with Crippen molar-refractivity contribution in [1.29, 1.82) is 0 Å². The fourth-order valence-electron chi connectivity index (χ4n) is 0. The predicted molar refractivity (Wildman–Crippen MR) is 14.4 cm³/mol. The molecule has 0 aromatic heterocycles. The molecule has 0 heterocycles. The smallest absolute Gasteiger partial charge is 0 e. The van der Waals surface area contributed by atoms with Gasteiger partial charge in [0.05, 0.1) is 0 Å². The molecular formula is H4CaCrLaO4Ti. The Balaban J connectivity index is -0.0000000267. The Kier molecular flexibility index (Phi) is 28.7. The van der Waals surface area contributed by atoms with Crippen molar-refractivity contribution >= 4 is 37.7 Å². The second kappa shape index (κ2) is 10.2. The molecule has 8 heavy (non-hydrogen) atoms. The molecule has 0 saturated heterocycles. The van der Waals surface area contributed by atoms with Crippen LogP contribution >= 0.6 is 0 Å². The van der Waals surface area contributed by atoms with Gasteiger partial charge in [-0.2, -0.15) is 0 Å². The normalized spacial score (nSPS) is 7.25. The molecule has 0 saturated carbocycles. The molecule has 0 unspecified atom stereocenters. The van der Waals surface area contributed by atoms with Gasteiger partial charge in [0.2, 0.25) is 0 Å². The first kappa shape index (κ1) is 22.5. The van der Waals surface area contributed by atoms with Crippen LogP contribution in [-0.2, 0) is 42.9 Å². The topological polar surface area (TPSA) is 74.6 Å². The van der Waals surface area contributed by atoms with Gasteiger partial charge in [-0.1, -0.05) is 0 Å². The molecule has 8 heteroatoms. The van der Waals surface area contributed by atoms with Crippen LogP contribution in [0.4, 0.5) is 0 Å². The SMILES string of the molecule is [CaH2].[La].[O]=[Cr](=[O])([OH])[OH].[Ti]. The first-order chi connectivity index (χ1) is 2.00. The maximum Gasteiger partial charge on any atom is 0 e. The van der Waals surface area contributed by atoms with Crippen LogP contribution in [0.5, 0.6) is 0 Å². The largest absolute Gasteiger partial charge is 0 e. The van der Waals surface area contributed by atoms with E-state index in [1.165, 1.54) is 0 Å². The van der Waals surface area contributed by atoms with Crippen LogP contribution in [0.1, 0.15) is 0 Å². The molecule has 0 atom stereocenters. The number of hydrogen-bond donors (Lipinski definition) is 2. The summed E-state index contributed by atoms with van der Waals surface area (Å²) in [5.74, 6) is 0. The maximum atomic E-state index is 8.82. The van der Waals surface area contributed by atoms with Gasteiger partial charge in [-0.3, -0.25) is 0 Å². The van der Waals surface area contributed by atoms with E-state index in [1.54, 1.807) is 0 Å². The van der Waals surface area contributed by atoms with Crippen LogP contribution in [0, 0.1) is 35.6 Å². The van der Waals surface area contributed by atoms with Gasteiger partial charge in [-0.15, -0.1) is 0 Å². The van der Waals surface area contributed by atoms with E-state index in [0.717, 1.165) is 0 Å². The third-order valence-electron chi connectivity index (χ3n) is 0. The third kappa shape index (κ3) is 60.1. The summed E-state index contributed by atoms with van der Waals surface area (Å²) in [7, 11) is 0. The molecule has 4 nitrogen and oxygen atoms in total. The molecule has 0 aliphatic heterocycles. The van der Waals surface area contributed by atoms with Crippen molar-refractivity contribution in [3.8, 4) is 0 Å². The Morgan fingerprint density at radius 2 is 1.12 bits per heavy atom. The molecular weight excluding hydrogens is 343 g/mol. The molecule has 0 amide bonds. The van der Waals surface area contributed by atoms with Crippen molar-refractivity contribution in [3.05, 3.63) is 0 Å². The van der Waals surface area contributed by atoms with Gasteiger partial charge in [0.25, 0.3) is 0 Å². The Morgan fingerprint density at radius 1 is 1.12 bits per heavy atom.